The lowest BCUT2D eigenvalue weighted by molar-refractivity contribution is 0.0998. The maximum Gasteiger partial charge on any atom is 0.291 e. The Balaban J connectivity index is 1.58. The van der Waals surface area contributed by atoms with E-state index in [9.17, 15) is 9.90 Å². The Kier molecular flexibility index (Phi) is 4.25. The molecular formula is C20H14ClN3O3. The summed E-state index contributed by atoms with van der Waals surface area (Å²) < 4.78 is 5.66. The lowest BCUT2D eigenvalue weighted by Gasteiger charge is -2.05. The Hall–Kier alpha value is -3.38. The summed E-state index contributed by atoms with van der Waals surface area (Å²) in [6.45, 7) is 1.80. The number of rotatable bonds is 3. The van der Waals surface area contributed by atoms with Crippen molar-refractivity contribution in [1.82, 2.24) is 9.97 Å². The molecule has 7 heteroatoms. The number of furan rings is 1. The minimum absolute atomic E-state index is 0.132. The maximum atomic E-state index is 12.6. The number of carbonyl (C=O) groups excluding carboxylic acids is 1. The van der Waals surface area contributed by atoms with Crippen LogP contribution in [0.5, 0.6) is 5.75 Å². The number of anilines is 1. The minimum Gasteiger partial charge on any atom is -0.508 e. The molecule has 4 rings (SSSR count). The highest BCUT2D eigenvalue weighted by molar-refractivity contribution is 6.35. The standard InChI is InChI=1S/C20H14ClN3O3/c1-11-15-6-3-7-16(21)18(15)27-17(11)20(26)24-13-9-22-19(23-10-13)12-4-2-5-14(25)8-12/h2-10,25H,1H3,(H,24,26). The van der Waals surface area contributed by atoms with Gasteiger partial charge < -0.3 is 14.8 Å². The predicted molar refractivity (Wildman–Crippen MR) is 103 cm³/mol. The minimum atomic E-state index is -0.409. The lowest BCUT2D eigenvalue weighted by Crippen LogP contribution is -2.12. The average molecular weight is 380 g/mol. The van der Waals surface area contributed by atoms with Crippen LogP contribution in [0, 0.1) is 6.92 Å². The van der Waals surface area contributed by atoms with Gasteiger partial charge in [0.1, 0.15) is 5.75 Å². The van der Waals surface area contributed by atoms with Crippen molar-refractivity contribution in [2.75, 3.05) is 5.32 Å². The molecule has 0 aliphatic heterocycles. The molecule has 0 fully saturated rings. The van der Waals surface area contributed by atoms with Gasteiger partial charge >= 0.3 is 0 Å². The highest BCUT2D eigenvalue weighted by Gasteiger charge is 2.19. The van der Waals surface area contributed by atoms with Crippen LogP contribution in [0.3, 0.4) is 0 Å². The average Bonchev–Trinajstić information content (AvgIpc) is 3.01. The number of benzene rings is 2. The van der Waals surface area contributed by atoms with Crippen molar-refractivity contribution in [3.8, 4) is 17.1 Å². The fourth-order valence-electron chi connectivity index (χ4n) is 2.80. The van der Waals surface area contributed by atoms with Gasteiger partial charge in [0.25, 0.3) is 5.91 Å². The first-order valence-electron chi connectivity index (χ1n) is 8.13. The molecule has 0 aliphatic carbocycles. The number of fused-ring (bicyclic) bond motifs is 1. The first-order valence-corrected chi connectivity index (χ1v) is 8.51. The molecule has 0 radical (unpaired) electrons. The van der Waals surface area contributed by atoms with E-state index in [0.29, 0.717) is 33.2 Å². The number of carbonyl (C=O) groups is 1. The number of nitrogens with zero attached hydrogens (tertiary/aromatic N) is 2. The maximum absolute atomic E-state index is 12.6. The molecule has 27 heavy (non-hydrogen) atoms. The third-order valence-electron chi connectivity index (χ3n) is 4.14. The molecule has 0 saturated heterocycles. The van der Waals surface area contributed by atoms with E-state index in [2.05, 4.69) is 15.3 Å². The normalized spacial score (nSPS) is 10.9. The number of aryl methyl sites for hydroxylation is 1. The van der Waals surface area contributed by atoms with Crippen molar-refractivity contribution in [2.45, 2.75) is 6.92 Å². The van der Waals surface area contributed by atoms with Crippen molar-refractivity contribution < 1.29 is 14.3 Å². The van der Waals surface area contributed by atoms with E-state index in [1.165, 1.54) is 12.4 Å². The number of aromatic nitrogens is 2. The van der Waals surface area contributed by atoms with Gasteiger partial charge in [-0.1, -0.05) is 35.9 Å². The smallest absolute Gasteiger partial charge is 0.291 e. The zero-order chi connectivity index (χ0) is 19.0. The Bertz CT molecular complexity index is 1150. The number of phenolic OH excluding ortho intramolecular Hbond substituents is 1. The third-order valence-corrected chi connectivity index (χ3v) is 4.43. The van der Waals surface area contributed by atoms with Crippen molar-refractivity contribution in [1.29, 1.82) is 0 Å². The number of phenols is 1. The molecule has 0 aliphatic rings. The summed E-state index contributed by atoms with van der Waals surface area (Å²) in [7, 11) is 0. The summed E-state index contributed by atoms with van der Waals surface area (Å²) in [5, 5.41) is 13.5. The van der Waals surface area contributed by atoms with E-state index in [-0.39, 0.29) is 11.5 Å². The zero-order valence-corrected chi connectivity index (χ0v) is 15.0. The predicted octanol–water partition coefficient (Wildman–Crippen LogP) is 4.81. The molecule has 2 aromatic carbocycles. The quantitative estimate of drug-likeness (QED) is 0.533. The molecule has 0 bridgehead atoms. The highest BCUT2D eigenvalue weighted by atomic mass is 35.5. The van der Waals surface area contributed by atoms with Gasteiger partial charge in [0.2, 0.25) is 0 Å². The van der Waals surface area contributed by atoms with E-state index in [1.807, 2.05) is 12.1 Å². The lowest BCUT2D eigenvalue weighted by atomic mass is 10.1. The summed E-state index contributed by atoms with van der Waals surface area (Å²) in [5.74, 6) is 0.353. The monoisotopic (exact) mass is 379 g/mol. The largest absolute Gasteiger partial charge is 0.508 e. The molecule has 0 saturated carbocycles. The molecule has 0 unspecified atom stereocenters. The van der Waals surface area contributed by atoms with Gasteiger partial charge in [-0.25, -0.2) is 9.97 Å². The molecular weight excluding hydrogens is 366 g/mol. The van der Waals surface area contributed by atoms with Gasteiger partial charge in [-0.2, -0.15) is 0 Å². The van der Waals surface area contributed by atoms with Crippen LogP contribution in [-0.4, -0.2) is 21.0 Å². The Morgan fingerprint density at radius 1 is 1.15 bits per heavy atom. The number of aromatic hydroxyl groups is 1. The van der Waals surface area contributed by atoms with Gasteiger partial charge in [0, 0.05) is 16.5 Å². The molecule has 0 spiro atoms. The van der Waals surface area contributed by atoms with Crippen LogP contribution < -0.4 is 5.32 Å². The number of hydrogen-bond donors (Lipinski definition) is 2. The summed E-state index contributed by atoms with van der Waals surface area (Å²) in [6.07, 6.45) is 2.99. The first-order chi connectivity index (χ1) is 13.0. The fourth-order valence-corrected chi connectivity index (χ4v) is 3.01. The van der Waals surface area contributed by atoms with Gasteiger partial charge in [0.15, 0.2) is 17.2 Å². The molecule has 1 amide bonds. The molecule has 134 valence electrons. The zero-order valence-electron chi connectivity index (χ0n) is 14.2. The van der Waals surface area contributed by atoms with Crippen LogP contribution in [0.2, 0.25) is 5.02 Å². The second-order valence-electron chi connectivity index (χ2n) is 5.97. The van der Waals surface area contributed by atoms with E-state index < -0.39 is 5.91 Å². The third kappa shape index (κ3) is 3.22. The number of hydrogen-bond acceptors (Lipinski definition) is 5. The van der Waals surface area contributed by atoms with Gasteiger partial charge in [-0.05, 0) is 25.1 Å². The van der Waals surface area contributed by atoms with Crippen molar-refractivity contribution in [3.05, 3.63) is 71.2 Å². The van der Waals surface area contributed by atoms with Crippen LogP contribution in [0.15, 0.2) is 59.3 Å². The van der Waals surface area contributed by atoms with E-state index in [4.69, 9.17) is 16.0 Å². The van der Waals surface area contributed by atoms with Crippen molar-refractivity contribution in [3.63, 3.8) is 0 Å². The molecule has 6 nitrogen and oxygen atoms in total. The number of nitrogens with one attached hydrogen (secondary N) is 1. The summed E-state index contributed by atoms with van der Waals surface area (Å²) >= 11 is 6.13. The molecule has 0 atom stereocenters. The van der Waals surface area contributed by atoms with Gasteiger partial charge in [0.05, 0.1) is 23.1 Å². The first kappa shape index (κ1) is 17.1. The van der Waals surface area contributed by atoms with E-state index in [0.717, 1.165) is 5.39 Å². The summed E-state index contributed by atoms with van der Waals surface area (Å²) in [5.41, 5.74) is 2.30. The van der Waals surface area contributed by atoms with Crippen molar-refractivity contribution in [2.24, 2.45) is 0 Å². The van der Waals surface area contributed by atoms with Gasteiger partial charge in [-0.3, -0.25) is 4.79 Å². The molecule has 4 aromatic rings. The SMILES string of the molecule is Cc1c(C(=O)Nc2cnc(-c3cccc(O)c3)nc2)oc2c(Cl)cccc12. The van der Waals surface area contributed by atoms with Gasteiger partial charge in [-0.15, -0.1) is 0 Å². The molecule has 2 heterocycles. The van der Waals surface area contributed by atoms with Crippen LogP contribution in [0.25, 0.3) is 22.4 Å². The van der Waals surface area contributed by atoms with Crippen LogP contribution in [0.1, 0.15) is 16.1 Å². The van der Waals surface area contributed by atoms with Crippen LogP contribution in [0.4, 0.5) is 5.69 Å². The fraction of sp³-hybridized carbons (Fsp3) is 0.0500. The van der Waals surface area contributed by atoms with E-state index in [1.54, 1.807) is 37.3 Å². The Morgan fingerprint density at radius 2 is 1.89 bits per heavy atom. The van der Waals surface area contributed by atoms with E-state index >= 15 is 0 Å². The highest BCUT2D eigenvalue weighted by Crippen LogP contribution is 2.31. The van der Waals surface area contributed by atoms with Crippen LogP contribution >= 0.6 is 11.6 Å². The number of halogens is 1. The molecule has 2 N–H and O–H groups in total. The summed E-state index contributed by atoms with van der Waals surface area (Å²) in [4.78, 5) is 21.0. The summed E-state index contributed by atoms with van der Waals surface area (Å²) in [6, 6.07) is 12.0. The molecule has 2 aromatic heterocycles. The second kappa shape index (κ2) is 6.74. The Labute approximate surface area is 159 Å². The Morgan fingerprint density at radius 3 is 2.59 bits per heavy atom. The van der Waals surface area contributed by atoms with Crippen LogP contribution in [-0.2, 0) is 0 Å². The number of amides is 1. The number of para-hydroxylation sites is 1. The van der Waals surface area contributed by atoms with Crippen molar-refractivity contribution >= 4 is 34.2 Å². The second-order valence-corrected chi connectivity index (χ2v) is 6.38. The topological polar surface area (TPSA) is 88.2 Å².